The van der Waals surface area contributed by atoms with Crippen LogP contribution in [0.4, 0.5) is 23.7 Å². The van der Waals surface area contributed by atoms with E-state index < -0.39 is 23.8 Å². The molecule has 0 bridgehead atoms. The van der Waals surface area contributed by atoms with E-state index in [0.29, 0.717) is 12.8 Å². The molecule has 2 aromatic carbocycles. The Kier molecular flexibility index (Phi) is 6.41. The van der Waals surface area contributed by atoms with Crippen LogP contribution < -0.4 is 10.6 Å². The van der Waals surface area contributed by atoms with E-state index in [9.17, 15) is 22.8 Å². The van der Waals surface area contributed by atoms with Crippen molar-refractivity contribution in [1.82, 2.24) is 5.32 Å². The fraction of sp³-hybridized carbons (Fsp3) is 0.333. The van der Waals surface area contributed by atoms with Crippen molar-refractivity contribution in [3.05, 3.63) is 65.7 Å². The number of alkyl carbamates (subject to hydrolysis) is 1. The highest BCUT2D eigenvalue weighted by atomic mass is 19.4. The Bertz CT molecular complexity index is 838. The fourth-order valence-electron chi connectivity index (χ4n) is 3.34. The van der Waals surface area contributed by atoms with Gasteiger partial charge in [0.1, 0.15) is 6.61 Å². The van der Waals surface area contributed by atoms with Gasteiger partial charge in [-0.2, -0.15) is 13.2 Å². The van der Waals surface area contributed by atoms with E-state index in [1.807, 2.05) is 30.3 Å². The molecule has 1 aliphatic carbocycles. The summed E-state index contributed by atoms with van der Waals surface area (Å²) in [5.41, 5.74) is 0.350. The molecule has 2 atom stereocenters. The van der Waals surface area contributed by atoms with Crippen molar-refractivity contribution in [3.8, 4) is 0 Å². The molecule has 2 amide bonds. The first-order chi connectivity index (χ1) is 13.8. The Labute approximate surface area is 166 Å². The number of amides is 2. The molecular formula is C21H21F3N2O3. The molecule has 3 rings (SSSR count). The molecule has 1 fully saturated rings. The van der Waals surface area contributed by atoms with Gasteiger partial charge in [0.05, 0.1) is 11.5 Å². The largest absolute Gasteiger partial charge is 0.445 e. The van der Waals surface area contributed by atoms with Crippen molar-refractivity contribution in [3.63, 3.8) is 0 Å². The molecule has 0 unspecified atom stereocenters. The van der Waals surface area contributed by atoms with Crippen molar-refractivity contribution in [1.29, 1.82) is 0 Å². The van der Waals surface area contributed by atoms with Gasteiger partial charge in [-0.1, -0.05) is 36.8 Å². The second-order valence-corrected chi connectivity index (χ2v) is 6.91. The highest BCUT2D eigenvalue weighted by Crippen LogP contribution is 2.31. The number of halogens is 3. The molecule has 8 heteroatoms. The number of nitrogens with one attached hydrogen (secondary N) is 2. The lowest BCUT2D eigenvalue weighted by Crippen LogP contribution is -2.42. The number of alkyl halides is 3. The Hall–Kier alpha value is -3.03. The van der Waals surface area contributed by atoms with E-state index in [-0.39, 0.29) is 24.2 Å². The van der Waals surface area contributed by atoms with Gasteiger partial charge in [-0.3, -0.25) is 4.79 Å². The maximum Gasteiger partial charge on any atom is 0.416 e. The van der Waals surface area contributed by atoms with Crippen LogP contribution in [0, 0.1) is 5.92 Å². The third-order valence-electron chi connectivity index (χ3n) is 4.85. The number of hydrogen-bond donors (Lipinski definition) is 2. The summed E-state index contributed by atoms with van der Waals surface area (Å²) in [6.07, 6.45) is -3.06. The minimum absolute atomic E-state index is 0.127. The monoisotopic (exact) mass is 406 g/mol. The Morgan fingerprint density at radius 1 is 1.00 bits per heavy atom. The highest BCUT2D eigenvalue weighted by Gasteiger charge is 2.35. The van der Waals surface area contributed by atoms with Gasteiger partial charge in [0.2, 0.25) is 5.91 Å². The third kappa shape index (κ3) is 5.73. The van der Waals surface area contributed by atoms with Crippen molar-refractivity contribution in [2.24, 2.45) is 5.92 Å². The van der Waals surface area contributed by atoms with Crippen molar-refractivity contribution < 1.29 is 27.5 Å². The van der Waals surface area contributed by atoms with Crippen LogP contribution in [0.5, 0.6) is 0 Å². The molecule has 154 valence electrons. The van der Waals surface area contributed by atoms with Gasteiger partial charge < -0.3 is 15.4 Å². The molecule has 0 saturated heterocycles. The average Bonchev–Trinajstić information content (AvgIpc) is 3.15. The van der Waals surface area contributed by atoms with Crippen LogP contribution in [0.15, 0.2) is 54.6 Å². The zero-order chi connectivity index (χ0) is 20.9. The molecule has 1 aliphatic rings. The Balaban J connectivity index is 1.52. The van der Waals surface area contributed by atoms with E-state index in [2.05, 4.69) is 10.6 Å². The molecule has 2 aromatic rings. The molecule has 0 radical (unpaired) electrons. The standard InChI is InChI=1S/C21H21F3N2O3/c22-21(23,24)15-9-11-16(12-10-15)25-19(27)17-7-4-8-18(17)26-20(28)29-13-14-5-2-1-3-6-14/h1-3,5-6,9-12,17-18H,4,7-8,13H2,(H,25,27)(H,26,28)/t17-,18+/m1/s1. The molecule has 0 aliphatic heterocycles. The summed E-state index contributed by atoms with van der Waals surface area (Å²) in [7, 11) is 0. The summed E-state index contributed by atoms with van der Waals surface area (Å²) in [6, 6.07) is 13.1. The maximum absolute atomic E-state index is 12.6. The SMILES string of the molecule is O=C(N[C@H]1CCC[C@H]1C(=O)Nc1ccc(C(F)(F)F)cc1)OCc1ccccc1. The molecule has 1 saturated carbocycles. The minimum Gasteiger partial charge on any atom is -0.445 e. The van der Waals surface area contributed by atoms with Gasteiger partial charge >= 0.3 is 12.3 Å². The van der Waals surface area contributed by atoms with E-state index >= 15 is 0 Å². The van der Waals surface area contributed by atoms with E-state index in [1.54, 1.807) is 0 Å². The number of benzene rings is 2. The van der Waals surface area contributed by atoms with Gasteiger partial charge in [-0.05, 0) is 42.7 Å². The Morgan fingerprint density at radius 3 is 2.34 bits per heavy atom. The maximum atomic E-state index is 12.6. The van der Waals surface area contributed by atoms with E-state index in [1.165, 1.54) is 12.1 Å². The second-order valence-electron chi connectivity index (χ2n) is 6.91. The van der Waals surface area contributed by atoms with Crippen LogP contribution in [-0.2, 0) is 22.3 Å². The number of hydrogen-bond acceptors (Lipinski definition) is 3. The van der Waals surface area contributed by atoms with Crippen LogP contribution in [0.3, 0.4) is 0 Å². The number of rotatable bonds is 5. The number of carbonyl (C=O) groups is 2. The summed E-state index contributed by atoms with van der Waals surface area (Å²) in [6.45, 7) is 0.127. The molecule has 0 heterocycles. The average molecular weight is 406 g/mol. The quantitative estimate of drug-likeness (QED) is 0.754. The first kappa shape index (κ1) is 20.7. The number of carbonyl (C=O) groups excluding carboxylic acids is 2. The van der Waals surface area contributed by atoms with Crippen molar-refractivity contribution in [2.45, 2.75) is 38.1 Å². The second kappa shape index (κ2) is 8.98. The van der Waals surface area contributed by atoms with Crippen LogP contribution in [-0.4, -0.2) is 18.0 Å². The molecule has 0 aromatic heterocycles. The topological polar surface area (TPSA) is 67.4 Å². The lowest BCUT2D eigenvalue weighted by Gasteiger charge is -2.20. The van der Waals surface area contributed by atoms with E-state index in [0.717, 1.165) is 24.1 Å². The lowest BCUT2D eigenvalue weighted by molar-refractivity contribution is -0.137. The zero-order valence-corrected chi connectivity index (χ0v) is 15.5. The summed E-state index contributed by atoms with van der Waals surface area (Å²) < 4.78 is 43.1. The summed E-state index contributed by atoms with van der Waals surface area (Å²) in [5.74, 6) is -0.808. The fourth-order valence-corrected chi connectivity index (χ4v) is 3.34. The van der Waals surface area contributed by atoms with Gasteiger partial charge in [0.25, 0.3) is 0 Å². The van der Waals surface area contributed by atoms with Crippen molar-refractivity contribution in [2.75, 3.05) is 5.32 Å². The molecule has 0 spiro atoms. The summed E-state index contributed by atoms with van der Waals surface area (Å²) >= 11 is 0. The lowest BCUT2D eigenvalue weighted by atomic mass is 10.0. The van der Waals surface area contributed by atoms with Crippen LogP contribution >= 0.6 is 0 Å². The molecule has 29 heavy (non-hydrogen) atoms. The molecule has 2 N–H and O–H groups in total. The van der Waals surface area contributed by atoms with Gasteiger partial charge in [-0.15, -0.1) is 0 Å². The van der Waals surface area contributed by atoms with Crippen molar-refractivity contribution >= 4 is 17.7 Å². The zero-order valence-electron chi connectivity index (χ0n) is 15.5. The van der Waals surface area contributed by atoms with Gasteiger partial charge in [-0.25, -0.2) is 4.79 Å². The summed E-state index contributed by atoms with van der Waals surface area (Å²) in [5, 5.41) is 5.35. The van der Waals surface area contributed by atoms with E-state index in [4.69, 9.17) is 4.74 Å². The smallest absolute Gasteiger partial charge is 0.416 e. The van der Waals surface area contributed by atoms with Crippen LogP contribution in [0.2, 0.25) is 0 Å². The predicted molar refractivity (Wildman–Crippen MR) is 101 cm³/mol. The normalized spacial score (nSPS) is 18.9. The predicted octanol–water partition coefficient (Wildman–Crippen LogP) is 4.74. The first-order valence-corrected chi connectivity index (χ1v) is 9.28. The summed E-state index contributed by atoms with van der Waals surface area (Å²) in [4.78, 5) is 24.6. The van der Waals surface area contributed by atoms with Crippen LogP contribution in [0.25, 0.3) is 0 Å². The minimum atomic E-state index is -4.43. The Morgan fingerprint density at radius 2 is 1.69 bits per heavy atom. The number of anilines is 1. The molecule has 5 nitrogen and oxygen atoms in total. The van der Waals surface area contributed by atoms with Crippen LogP contribution in [0.1, 0.15) is 30.4 Å². The first-order valence-electron chi connectivity index (χ1n) is 9.28. The molecular weight excluding hydrogens is 385 g/mol. The highest BCUT2D eigenvalue weighted by molar-refractivity contribution is 5.93. The number of ether oxygens (including phenoxy) is 1. The van der Waals surface area contributed by atoms with Gasteiger partial charge in [0, 0.05) is 11.7 Å². The third-order valence-corrected chi connectivity index (χ3v) is 4.85. The van der Waals surface area contributed by atoms with Gasteiger partial charge in [0.15, 0.2) is 0 Å².